The summed E-state index contributed by atoms with van der Waals surface area (Å²) in [6.07, 6.45) is 1.75. The monoisotopic (exact) mass is 320 g/mol. The summed E-state index contributed by atoms with van der Waals surface area (Å²) in [7, 11) is 0. The Morgan fingerprint density at radius 3 is 3.00 bits per heavy atom. The lowest BCUT2D eigenvalue weighted by Gasteiger charge is -1.98. The molecule has 3 rings (SSSR count). The van der Waals surface area contributed by atoms with E-state index in [1.54, 1.807) is 0 Å². The van der Waals surface area contributed by atoms with Gasteiger partial charge in [-0.1, -0.05) is 25.1 Å². The van der Waals surface area contributed by atoms with E-state index in [1.165, 1.54) is 16.0 Å². The zero-order valence-electron chi connectivity index (χ0n) is 12.4. The van der Waals surface area contributed by atoms with Crippen LogP contribution in [0.2, 0.25) is 0 Å². The van der Waals surface area contributed by atoms with E-state index in [1.807, 2.05) is 17.5 Å². The molecule has 0 aliphatic heterocycles. The first-order valence-corrected chi connectivity index (χ1v) is 7.93. The van der Waals surface area contributed by atoms with Gasteiger partial charge in [0.2, 0.25) is 5.89 Å². The molecular weight excluding hydrogens is 304 g/mol. The van der Waals surface area contributed by atoms with E-state index >= 15 is 0 Å². The van der Waals surface area contributed by atoms with Crippen LogP contribution in [0.4, 0.5) is 0 Å². The summed E-state index contributed by atoms with van der Waals surface area (Å²) in [6, 6.07) is 3.72. The Hall–Kier alpha value is -2.22. The van der Waals surface area contributed by atoms with Crippen LogP contribution in [0.25, 0.3) is 10.8 Å². The predicted octanol–water partition coefficient (Wildman–Crippen LogP) is 2.58. The van der Waals surface area contributed by atoms with Crippen LogP contribution >= 0.6 is 11.3 Å². The van der Waals surface area contributed by atoms with Crippen molar-refractivity contribution < 1.29 is 8.94 Å². The molecule has 3 aromatic heterocycles. The van der Waals surface area contributed by atoms with Crippen LogP contribution in [-0.4, -0.2) is 19.9 Å². The molecular formula is C14H16N4O3S. The van der Waals surface area contributed by atoms with Crippen LogP contribution < -0.4 is 5.76 Å². The summed E-state index contributed by atoms with van der Waals surface area (Å²) >= 11 is 1.46. The van der Waals surface area contributed by atoms with Crippen molar-refractivity contribution >= 4 is 11.3 Å². The van der Waals surface area contributed by atoms with Crippen molar-refractivity contribution in [3.63, 3.8) is 0 Å². The molecule has 0 atom stereocenters. The molecule has 3 aromatic rings. The van der Waals surface area contributed by atoms with Gasteiger partial charge in [0.25, 0.3) is 5.89 Å². The van der Waals surface area contributed by atoms with E-state index in [0.29, 0.717) is 23.5 Å². The van der Waals surface area contributed by atoms with Crippen LogP contribution in [-0.2, 0) is 13.0 Å². The highest BCUT2D eigenvalue weighted by Gasteiger charge is 2.14. The summed E-state index contributed by atoms with van der Waals surface area (Å²) in [5.74, 6) is 1.35. The molecule has 0 aliphatic carbocycles. The van der Waals surface area contributed by atoms with Crippen LogP contribution in [0, 0.1) is 5.92 Å². The molecule has 0 N–H and O–H groups in total. The van der Waals surface area contributed by atoms with Gasteiger partial charge < -0.3 is 8.94 Å². The van der Waals surface area contributed by atoms with Crippen molar-refractivity contribution in [3.8, 4) is 10.8 Å². The SMILES string of the molecule is CC(C)CCc1noc(Cn2nc(-c3cccs3)oc2=O)n1. The van der Waals surface area contributed by atoms with Gasteiger partial charge in [-0.15, -0.1) is 16.4 Å². The Morgan fingerprint density at radius 1 is 1.41 bits per heavy atom. The maximum Gasteiger partial charge on any atom is 0.437 e. The van der Waals surface area contributed by atoms with E-state index < -0.39 is 5.76 Å². The van der Waals surface area contributed by atoms with Gasteiger partial charge in [0.15, 0.2) is 5.82 Å². The molecule has 116 valence electrons. The minimum atomic E-state index is -0.537. The first kappa shape index (κ1) is 14.7. The molecule has 3 heterocycles. The molecule has 0 saturated carbocycles. The van der Waals surface area contributed by atoms with Gasteiger partial charge in [-0.2, -0.15) is 9.67 Å². The zero-order chi connectivity index (χ0) is 15.5. The lowest BCUT2D eigenvalue weighted by molar-refractivity contribution is 0.354. The van der Waals surface area contributed by atoms with E-state index in [0.717, 1.165) is 17.7 Å². The molecule has 22 heavy (non-hydrogen) atoms. The number of aromatic nitrogens is 4. The first-order chi connectivity index (χ1) is 10.6. The maximum absolute atomic E-state index is 11.8. The normalized spacial score (nSPS) is 11.4. The van der Waals surface area contributed by atoms with E-state index in [9.17, 15) is 4.79 Å². The zero-order valence-corrected chi connectivity index (χ0v) is 13.2. The second-order valence-corrected chi connectivity index (χ2v) is 6.29. The molecule has 7 nitrogen and oxygen atoms in total. The minimum absolute atomic E-state index is 0.113. The fraction of sp³-hybridized carbons (Fsp3) is 0.429. The number of hydrogen-bond acceptors (Lipinski definition) is 7. The van der Waals surface area contributed by atoms with Crippen molar-refractivity contribution in [3.05, 3.63) is 39.8 Å². The summed E-state index contributed by atoms with van der Waals surface area (Å²) < 4.78 is 11.5. The van der Waals surface area contributed by atoms with Crippen LogP contribution in [0.5, 0.6) is 0 Å². The number of thiophene rings is 1. The van der Waals surface area contributed by atoms with Gasteiger partial charge in [-0.05, 0) is 23.8 Å². The van der Waals surface area contributed by atoms with Gasteiger partial charge >= 0.3 is 5.76 Å². The topological polar surface area (TPSA) is 87.0 Å². The number of rotatable bonds is 6. The average Bonchev–Trinajstić information content (AvgIpc) is 3.19. The molecule has 0 fully saturated rings. The lowest BCUT2D eigenvalue weighted by Crippen LogP contribution is -2.16. The third-order valence-electron chi connectivity index (χ3n) is 3.08. The largest absolute Gasteiger partial charge is 0.437 e. The number of hydrogen-bond donors (Lipinski definition) is 0. The Labute approximate surface area is 130 Å². The predicted molar refractivity (Wildman–Crippen MR) is 80.6 cm³/mol. The second kappa shape index (κ2) is 6.27. The van der Waals surface area contributed by atoms with Crippen LogP contribution in [0.3, 0.4) is 0 Å². The highest BCUT2D eigenvalue weighted by atomic mass is 32.1. The minimum Gasteiger partial charge on any atom is -0.387 e. The summed E-state index contributed by atoms with van der Waals surface area (Å²) in [6.45, 7) is 4.40. The maximum atomic E-state index is 11.8. The van der Waals surface area contributed by atoms with E-state index in [4.69, 9.17) is 8.94 Å². The molecule has 0 bridgehead atoms. The smallest absolute Gasteiger partial charge is 0.387 e. The van der Waals surface area contributed by atoms with Gasteiger partial charge in [0.1, 0.15) is 6.54 Å². The third-order valence-corrected chi connectivity index (χ3v) is 3.94. The molecule has 8 heteroatoms. The molecule has 0 spiro atoms. The third kappa shape index (κ3) is 3.33. The first-order valence-electron chi connectivity index (χ1n) is 7.05. The van der Waals surface area contributed by atoms with Crippen molar-refractivity contribution in [2.45, 2.75) is 33.2 Å². The van der Waals surface area contributed by atoms with Crippen molar-refractivity contribution in [1.82, 2.24) is 19.9 Å². The molecule has 0 saturated heterocycles. The fourth-order valence-corrected chi connectivity index (χ4v) is 2.55. The van der Waals surface area contributed by atoms with Gasteiger partial charge in [0, 0.05) is 6.42 Å². The van der Waals surface area contributed by atoms with Crippen molar-refractivity contribution in [2.24, 2.45) is 5.92 Å². The van der Waals surface area contributed by atoms with Crippen LogP contribution in [0.1, 0.15) is 32.0 Å². The number of nitrogens with zero attached hydrogens (tertiary/aromatic N) is 4. The molecule has 0 radical (unpaired) electrons. The van der Waals surface area contributed by atoms with Crippen molar-refractivity contribution in [2.75, 3.05) is 0 Å². The van der Waals surface area contributed by atoms with E-state index in [2.05, 4.69) is 29.1 Å². The molecule has 0 amide bonds. The van der Waals surface area contributed by atoms with Crippen molar-refractivity contribution in [1.29, 1.82) is 0 Å². The molecule has 0 aliphatic rings. The second-order valence-electron chi connectivity index (χ2n) is 5.34. The lowest BCUT2D eigenvalue weighted by atomic mass is 10.1. The Morgan fingerprint density at radius 2 is 2.27 bits per heavy atom. The van der Waals surface area contributed by atoms with E-state index in [-0.39, 0.29) is 6.54 Å². The highest BCUT2D eigenvalue weighted by molar-refractivity contribution is 7.13. The quantitative estimate of drug-likeness (QED) is 0.694. The Bertz CT molecular complexity index is 785. The highest BCUT2D eigenvalue weighted by Crippen LogP contribution is 2.21. The molecule has 0 unspecified atom stereocenters. The summed E-state index contributed by atoms with van der Waals surface area (Å²) in [5.41, 5.74) is 0. The fourth-order valence-electron chi connectivity index (χ4n) is 1.91. The molecule has 0 aromatic carbocycles. The average molecular weight is 320 g/mol. The van der Waals surface area contributed by atoms with Gasteiger partial charge in [-0.3, -0.25) is 0 Å². The Kier molecular flexibility index (Phi) is 4.19. The summed E-state index contributed by atoms with van der Waals surface area (Å²) in [4.78, 5) is 16.9. The Balaban J connectivity index is 1.72. The standard InChI is InChI=1S/C14H16N4O3S/c1-9(2)5-6-11-15-12(21-17-11)8-18-14(19)20-13(16-18)10-4-3-7-22-10/h3-4,7,9H,5-6,8H2,1-2H3. The number of aryl methyl sites for hydroxylation is 1. The summed E-state index contributed by atoms with van der Waals surface area (Å²) in [5, 5.41) is 9.96. The van der Waals surface area contributed by atoms with Gasteiger partial charge in [-0.25, -0.2) is 4.79 Å². The van der Waals surface area contributed by atoms with Gasteiger partial charge in [0.05, 0.1) is 4.88 Å². The van der Waals surface area contributed by atoms with Crippen LogP contribution in [0.15, 0.2) is 31.2 Å².